The molecule has 0 atom stereocenters. The normalized spacial score (nSPS) is 17.9. The van der Waals surface area contributed by atoms with Crippen molar-refractivity contribution >= 4 is 52.5 Å². The van der Waals surface area contributed by atoms with E-state index in [4.69, 9.17) is 21.3 Å². The summed E-state index contributed by atoms with van der Waals surface area (Å²) in [5.74, 6) is 0.658. The number of amides is 2. The second-order valence-corrected chi connectivity index (χ2v) is 9.15. The van der Waals surface area contributed by atoms with Gasteiger partial charge in [-0.2, -0.15) is 9.61 Å². The minimum Gasteiger partial charge on any atom is -0.381 e. The molecule has 0 spiro atoms. The average molecular weight is 481 g/mol. The van der Waals surface area contributed by atoms with Crippen LogP contribution in [0.5, 0.6) is 0 Å². The number of benzene rings is 1. The fourth-order valence-electron chi connectivity index (χ4n) is 3.94. The maximum atomic E-state index is 12.1. The van der Waals surface area contributed by atoms with Gasteiger partial charge in [0.1, 0.15) is 11.6 Å². The molecule has 1 aliphatic carbocycles. The zero-order valence-electron chi connectivity index (χ0n) is 18.7. The summed E-state index contributed by atoms with van der Waals surface area (Å²) in [4.78, 5) is 28.4. The molecule has 0 radical (unpaired) electrons. The number of aromatic nitrogens is 3. The number of hydrogen-bond acceptors (Lipinski definition) is 7. The molecule has 3 heterocycles. The standard InChI is InChI=1S/C24H25ClN6O3/c1-2-34-14-24(6-7-24)13-26-20-11-19(28-18-5-3-4-17(25)10-18)29-22-16(12-27-31(20)22)8-15-9-21(32)30-23(15)33/h3-5,8,10-12,26H,2,6-7,9,13-14H2,1H3,(H,28,29)(H,30,32,33)/b15-8+. The highest BCUT2D eigenvalue weighted by Gasteiger charge is 2.42. The topological polar surface area (TPSA) is 110 Å². The first kappa shape index (κ1) is 22.4. The first-order valence-corrected chi connectivity index (χ1v) is 11.6. The Balaban J connectivity index is 1.50. The maximum Gasteiger partial charge on any atom is 0.254 e. The molecule has 176 valence electrons. The molecule has 5 rings (SSSR count). The maximum absolute atomic E-state index is 12.1. The first-order valence-electron chi connectivity index (χ1n) is 11.2. The van der Waals surface area contributed by atoms with Crippen molar-refractivity contribution in [2.45, 2.75) is 26.2 Å². The van der Waals surface area contributed by atoms with Crippen molar-refractivity contribution in [3.63, 3.8) is 0 Å². The molecule has 1 aliphatic heterocycles. The Kier molecular flexibility index (Phi) is 5.97. The van der Waals surface area contributed by atoms with Crippen molar-refractivity contribution in [2.75, 3.05) is 30.4 Å². The Morgan fingerprint density at radius 2 is 2.15 bits per heavy atom. The lowest BCUT2D eigenvalue weighted by molar-refractivity contribution is -0.124. The van der Waals surface area contributed by atoms with E-state index in [0.717, 1.165) is 37.5 Å². The highest BCUT2D eigenvalue weighted by Crippen LogP contribution is 2.46. The van der Waals surface area contributed by atoms with E-state index in [-0.39, 0.29) is 23.7 Å². The molecule has 0 bridgehead atoms. The Morgan fingerprint density at radius 1 is 1.29 bits per heavy atom. The minimum absolute atomic E-state index is 0.0433. The molecule has 2 fully saturated rings. The molecule has 9 nitrogen and oxygen atoms in total. The van der Waals surface area contributed by atoms with Crippen molar-refractivity contribution in [3.05, 3.63) is 52.7 Å². The summed E-state index contributed by atoms with van der Waals surface area (Å²) in [5.41, 5.74) is 2.52. The number of nitrogens with one attached hydrogen (secondary N) is 3. The van der Waals surface area contributed by atoms with E-state index in [1.807, 2.05) is 31.2 Å². The monoisotopic (exact) mass is 480 g/mol. The van der Waals surface area contributed by atoms with E-state index in [1.165, 1.54) is 0 Å². The smallest absolute Gasteiger partial charge is 0.254 e. The third kappa shape index (κ3) is 4.76. The van der Waals surface area contributed by atoms with Gasteiger partial charge in [-0.1, -0.05) is 17.7 Å². The zero-order chi connectivity index (χ0) is 23.7. The summed E-state index contributed by atoms with van der Waals surface area (Å²) < 4.78 is 7.38. The lowest BCUT2D eigenvalue weighted by Crippen LogP contribution is -2.22. The minimum atomic E-state index is -0.387. The molecule has 1 aromatic carbocycles. The van der Waals surface area contributed by atoms with Gasteiger partial charge in [-0.3, -0.25) is 14.9 Å². The molecule has 3 aromatic rings. The summed E-state index contributed by atoms with van der Waals surface area (Å²) in [7, 11) is 0. The zero-order valence-corrected chi connectivity index (χ0v) is 19.5. The number of rotatable bonds is 9. The summed E-state index contributed by atoms with van der Waals surface area (Å²) in [6, 6.07) is 9.27. The highest BCUT2D eigenvalue weighted by molar-refractivity contribution is 6.30. The Labute approximate surface area is 201 Å². The van der Waals surface area contributed by atoms with Gasteiger partial charge in [0.2, 0.25) is 5.91 Å². The SMILES string of the molecule is CCOCC1(CNc2cc(Nc3cccc(Cl)c3)nc3c(/C=C4\CC(=O)NC4=O)cnn23)CC1. The van der Waals surface area contributed by atoms with Crippen molar-refractivity contribution in [2.24, 2.45) is 5.41 Å². The number of ether oxygens (including phenoxy) is 1. The van der Waals surface area contributed by atoms with Gasteiger partial charge in [-0.05, 0) is 44.0 Å². The molecule has 2 aromatic heterocycles. The second kappa shape index (κ2) is 9.08. The predicted molar refractivity (Wildman–Crippen MR) is 130 cm³/mol. The predicted octanol–water partition coefficient (Wildman–Crippen LogP) is 3.78. The summed E-state index contributed by atoms with van der Waals surface area (Å²) in [6.07, 6.45) is 5.58. The number of hydrogen-bond donors (Lipinski definition) is 3. The molecule has 0 unspecified atom stereocenters. The van der Waals surface area contributed by atoms with Crippen molar-refractivity contribution < 1.29 is 14.3 Å². The van der Waals surface area contributed by atoms with E-state index in [2.05, 4.69) is 21.0 Å². The molecular formula is C24H25ClN6O3. The van der Waals surface area contributed by atoms with Crippen molar-refractivity contribution in [1.82, 2.24) is 19.9 Å². The van der Waals surface area contributed by atoms with Crippen LogP contribution in [0.15, 0.2) is 42.1 Å². The molecule has 1 saturated carbocycles. The van der Waals surface area contributed by atoms with E-state index < -0.39 is 0 Å². The van der Waals surface area contributed by atoms with Crippen LogP contribution >= 0.6 is 11.6 Å². The van der Waals surface area contributed by atoms with Crippen LogP contribution < -0.4 is 16.0 Å². The van der Waals surface area contributed by atoms with Crippen LogP contribution in [0.25, 0.3) is 11.7 Å². The highest BCUT2D eigenvalue weighted by atomic mass is 35.5. The van der Waals surface area contributed by atoms with Crippen LogP contribution in [0.2, 0.25) is 5.02 Å². The van der Waals surface area contributed by atoms with E-state index in [9.17, 15) is 9.59 Å². The van der Waals surface area contributed by atoms with Crippen LogP contribution in [-0.2, 0) is 14.3 Å². The number of fused-ring (bicyclic) bond motifs is 1. The fraction of sp³-hybridized carbons (Fsp3) is 0.333. The summed E-state index contributed by atoms with van der Waals surface area (Å²) in [6.45, 7) is 4.16. The Bertz CT molecular complexity index is 1300. The second-order valence-electron chi connectivity index (χ2n) is 8.71. The third-order valence-corrected chi connectivity index (χ3v) is 6.27. The number of halogens is 1. The van der Waals surface area contributed by atoms with Crippen LogP contribution in [-0.4, -0.2) is 46.2 Å². The van der Waals surface area contributed by atoms with E-state index in [0.29, 0.717) is 34.2 Å². The van der Waals surface area contributed by atoms with Gasteiger partial charge in [-0.15, -0.1) is 0 Å². The van der Waals surface area contributed by atoms with Gasteiger partial charge in [0, 0.05) is 46.5 Å². The quantitative estimate of drug-likeness (QED) is 0.316. The van der Waals surface area contributed by atoms with Gasteiger partial charge in [0.25, 0.3) is 5.91 Å². The summed E-state index contributed by atoms with van der Waals surface area (Å²) in [5, 5.41) is 14.2. The van der Waals surface area contributed by atoms with Gasteiger partial charge in [-0.25, -0.2) is 4.98 Å². The molecule has 10 heteroatoms. The molecule has 3 N–H and O–H groups in total. The average Bonchev–Trinajstić information content (AvgIpc) is 3.36. The molecule has 34 heavy (non-hydrogen) atoms. The largest absolute Gasteiger partial charge is 0.381 e. The molecular weight excluding hydrogens is 456 g/mol. The van der Waals surface area contributed by atoms with Crippen LogP contribution in [0.3, 0.4) is 0 Å². The van der Waals surface area contributed by atoms with E-state index in [1.54, 1.807) is 22.9 Å². The van der Waals surface area contributed by atoms with Crippen LogP contribution in [0, 0.1) is 5.41 Å². The summed E-state index contributed by atoms with van der Waals surface area (Å²) >= 11 is 6.14. The lowest BCUT2D eigenvalue weighted by atomic mass is 10.1. The molecule has 1 saturated heterocycles. The van der Waals surface area contributed by atoms with E-state index >= 15 is 0 Å². The Morgan fingerprint density at radius 3 is 2.85 bits per heavy atom. The number of carbonyl (C=O) groups excluding carboxylic acids is 2. The number of carbonyl (C=O) groups is 2. The third-order valence-electron chi connectivity index (χ3n) is 6.04. The van der Waals surface area contributed by atoms with Gasteiger partial charge in [0.15, 0.2) is 5.65 Å². The lowest BCUT2D eigenvalue weighted by Gasteiger charge is -2.18. The first-order chi connectivity index (χ1) is 16.4. The molecule has 2 amide bonds. The van der Waals surface area contributed by atoms with Crippen LogP contribution in [0.1, 0.15) is 31.7 Å². The Hall–Kier alpha value is -3.43. The van der Waals surface area contributed by atoms with Crippen LogP contribution in [0.4, 0.5) is 17.3 Å². The molecule has 2 aliphatic rings. The van der Waals surface area contributed by atoms with Crippen molar-refractivity contribution in [3.8, 4) is 0 Å². The number of imide groups is 1. The van der Waals surface area contributed by atoms with Crippen molar-refractivity contribution in [1.29, 1.82) is 0 Å². The van der Waals surface area contributed by atoms with Gasteiger partial charge in [0.05, 0.1) is 19.2 Å². The number of nitrogens with zero attached hydrogens (tertiary/aromatic N) is 3. The number of anilines is 3. The van der Waals surface area contributed by atoms with Gasteiger partial charge >= 0.3 is 0 Å². The fourth-order valence-corrected chi connectivity index (χ4v) is 4.13. The van der Waals surface area contributed by atoms with Gasteiger partial charge < -0.3 is 15.4 Å².